The normalized spacial score (nSPS) is 15.6. The summed E-state index contributed by atoms with van der Waals surface area (Å²) in [6, 6.07) is 14.9. The first kappa shape index (κ1) is 36.4. The predicted octanol–water partition coefficient (Wildman–Crippen LogP) is 6.07. The maximum atomic E-state index is 13.5. The molecular formula is C35H45N5O5. The number of nitrogens with one attached hydrogen (secondary N) is 1. The quantitative estimate of drug-likeness (QED) is 0.218. The molecule has 10 heteroatoms. The van der Waals surface area contributed by atoms with Crippen molar-refractivity contribution in [2.45, 2.75) is 60.4 Å². The molecule has 1 aliphatic carbocycles. The highest BCUT2D eigenvalue weighted by atomic mass is 16.3. The predicted molar refractivity (Wildman–Crippen MR) is 179 cm³/mol. The first-order valence-corrected chi connectivity index (χ1v) is 15.3. The van der Waals surface area contributed by atoms with Crippen molar-refractivity contribution in [1.82, 2.24) is 14.3 Å². The van der Waals surface area contributed by atoms with Crippen molar-refractivity contribution in [2.24, 2.45) is 5.73 Å². The zero-order valence-electron chi connectivity index (χ0n) is 27.4. The summed E-state index contributed by atoms with van der Waals surface area (Å²) in [6.45, 7) is 14.3. The third-order valence-electron chi connectivity index (χ3n) is 7.03. The molecule has 0 radical (unpaired) electrons. The molecule has 5 N–H and O–H groups in total. The molecule has 2 aliphatic rings. The van der Waals surface area contributed by atoms with E-state index in [-0.39, 0.29) is 29.0 Å². The van der Waals surface area contributed by atoms with E-state index in [1.165, 1.54) is 30.3 Å². The van der Waals surface area contributed by atoms with Crippen molar-refractivity contribution in [1.29, 1.82) is 0 Å². The Hall–Kier alpha value is -4.80. The molecule has 1 saturated heterocycles. The summed E-state index contributed by atoms with van der Waals surface area (Å²) in [5.41, 5.74) is 10.3. The number of carbonyl (C=O) groups is 3. The van der Waals surface area contributed by atoms with Crippen LogP contribution in [0.15, 0.2) is 78.8 Å². The number of aliphatic hydroxyl groups excluding tert-OH is 1. The average Bonchev–Trinajstić information content (AvgIpc) is 3.66. The summed E-state index contributed by atoms with van der Waals surface area (Å²) < 4.78 is 1.66. The fourth-order valence-electron chi connectivity index (χ4n) is 5.24. The molecule has 1 atom stereocenters. The fraction of sp³-hybridized carbons (Fsp3) is 0.314. The van der Waals surface area contributed by atoms with E-state index >= 15 is 0 Å². The molecule has 1 fully saturated rings. The van der Waals surface area contributed by atoms with Gasteiger partial charge in [-0.25, -0.2) is 4.98 Å². The topological polar surface area (TPSA) is 150 Å². The van der Waals surface area contributed by atoms with E-state index in [1.54, 1.807) is 39.9 Å². The van der Waals surface area contributed by atoms with E-state index in [9.17, 15) is 19.5 Å². The lowest BCUT2D eigenvalue weighted by Gasteiger charge is -2.34. The standard InChI is InChI=1S/C28H23N5O4.3C2H6.CH4O/c1-16-3-2-4-20-22(35)13-23-28(29,25(16)20)11-12-33(23)27(37)21-15-32-14-18(7-10-24(32)31-21)30-26(36)17-5-8-19(34)9-6-17;4*1-2/h2-10,13-15,34H,11-12,29H2,1H3,(H,30,36);3*1-2H3;2H,1H3/t28-;;;;/m1..../s1. The second kappa shape index (κ2) is 16.3. The van der Waals surface area contributed by atoms with E-state index < -0.39 is 5.54 Å². The van der Waals surface area contributed by atoms with Gasteiger partial charge < -0.3 is 30.6 Å². The minimum absolute atomic E-state index is 0.0751. The number of likely N-dealkylation sites (tertiary alicyclic amines) is 1. The van der Waals surface area contributed by atoms with Crippen molar-refractivity contribution in [3.8, 4) is 5.75 Å². The number of aromatic nitrogens is 2. The average molecular weight is 616 g/mol. The van der Waals surface area contributed by atoms with Crippen LogP contribution in [0, 0.1) is 6.92 Å². The highest BCUT2D eigenvalue weighted by Gasteiger charge is 2.48. The number of aryl methyl sites for hydroxylation is 1. The zero-order valence-corrected chi connectivity index (χ0v) is 27.4. The first-order chi connectivity index (χ1) is 21.7. The lowest BCUT2D eigenvalue weighted by atomic mass is 9.76. The van der Waals surface area contributed by atoms with Crippen LogP contribution in [0.3, 0.4) is 0 Å². The Morgan fingerprint density at radius 3 is 2.22 bits per heavy atom. The Bertz CT molecular complexity index is 1660. The smallest absolute Gasteiger partial charge is 0.278 e. The third-order valence-corrected chi connectivity index (χ3v) is 7.03. The number of aromatic hydroxyl groups is 1. The van der Waals surface area contributed by atoms with Crippen LogP contribution in [0.25, 0.3) is 5.65 Å². The molecule has 2 amide bonds. The van der Waals surface area contributed by atoms with Gasteiger partial charge in [0.2, 0.25) is 0 Å². The Kier molecular flexibility index (Phi) is 13.2. The molecule has 0 spiro atoms. The van der Waals surface area contributed by atoms with Gasteiger partial charge in [-0.15, -0.1) is 0 Å². The highest BCUT2D eigenvalue weighted by molar-refractivity contribution is 6.09. The minimum Gasteiger partial charge on any atom is -0.508 e. The number of nitrogens with zero attached hydrogens (tertiary/aromatic N) is 3. The highest BCUT2D eigenvalue weighted by Crippen LogP contribution is 2.45. The maximum Gasteiger partial charge on any atom is 0.278 e. The molecule has 2 aromatic carbocycles. The number of aliphatic hydroxyl groups is 1. The number of pyridine rings is 1. The first-order valence-electron chi connectivity index (χ1n) is 15.3. The van der Waals surface area contributed by atoms with E-state index in [0.717, 1.165) is 18.2 Å². The van der Waals surface area contributed by atoms with Gasteiger partial charge in [-0.05, 0) is 60.9 Å². The second-order valence-electron chi connectivity index (χ2n) is 9.38. The van der Waals surface area contributed by atoms with Crippen LogP contribution < -0.4 is 11.1 Å². The molecule has 3 heterocycles. The Morgan fingerprint density at radius 1 is 0.933 bits per heavy atom. The molecule has 4 aromatic rings. The van der Waals surface area contributed by atoms with Gasteiger partial charge >= 0.3 is 0 Å². The number of rotatable bonds is 3. The van der Waals surface area contributed by atoms with Crippen LogP contribution >= 0.6 is 0 Å². The van der Waals surface area contributed by atoms with E-state index in [0.29, 0.717) is 41.1 Å². The third kappa shape index (κ3) is 7.30. The van der Waals surface area contributed by atoms with Gasteiger partial charge in [0.25, 0.3) is 11.8 Å². The largest absolute Gasteiger partial charge is 0.508 e. The molecule has 6 rings (SSSR count). The summed E-state index contributed by atoms with van der Waals surface area (Å²) >= 11 is 0. The lowest BCUT2D eigenvalue weighted by Crippen LogP contribution is -2.43. The molecule has 240 valence electrons. The van der Waals surface area contributed by atoms with Crippen LogP contribution in [0.1, 0.15) is 90.3 Å². The number of fused-ring (bicyclic) bond motifs is 4. The molecule has 2 aromatic heterocycles. The second-order valence-corrected chi connectivity index (χ2v) is 9.38. The molecular weight excluding hydrogens is 570 g/mol. The van der Waals surface area contributed by atoms with Crippen LogP contribution in [-0.4, -0.2) is 55.7 Å². The van der Waals surface area contributed by atoms with Gasteiger partial charge in [-0.2, -0.15) is 0 Å². The van der Waals surface area contributed by atoms with Crippen LogP contribution in [0.5, 0.6) is 5.75 Å². The Labute approximate surface area is 265 Å². The molecule has 0 bridgehead atoms. The van der Waals surface area contributed by atoms with Crippen molar-refractivity contribution < 1.29 is 24.6 Å². The fourth-order valence-corrected chi connectivity index (χ4v) is 5.24. The van der Waals surface area contributed by atoms with E-state index in [2.05, 4.69) is 10.3 Å². The number of phenolic OH excluding ortho intramolecular Hbond substituents is 1. The number of anilines is 1. The van der Waals surface area contributed by atoms with Crippen molar-refractivity contribution in [3.05, 3.63) is 107 Å². The van der Waals surface area contributed by atoms with Crippen LogP contribution in [0.4, 0.5) is 5.69 Å². The summed E-state index contributed by atoms with van der Waals surface area (Å²) in [5, 5.41) is 19.2. The number of allylic oxidation sites excluding steroid dienone is 1. The van der Waals surface area contributed by atoms with Gasteiger partial charge in [0.15, 0.2) is 5.78 Å². The van der Waals surface area contributed by atoms with E-state index in [4.69, 9.17) is 10.8 Å². The van der Waals surface area contributed by atoms with Crippen molar-refractivity contribution in [3.63, 3.8) is 0 Å². The van der Waals surface area contributed by atoms with Gasteiger partial charge in [0, 0.05) is 48.9 Å². The van der Waals surface area contributed by atoms with Crippen molar-refractivity contribution >= 4 is 28.9 Å². The SMILES string of the molecule is CC.CC.CC.CO.Cc1cccc2c1[C@@]1(N)CCN(C(=O)c3cn4cc(NC(=O)c5ccc(O)cc5)ccc4n3)C1=CC2=O. The minimum atomic E-state index is -0.922. The number of hydrogen-bond acceptors (Lipinski definition) is 7. The number of phenols is 1. The van der Waals surface area contributed by atoms with Gasteiger partial charge in [-0.3, -0.25) is 14.4 Å². The zero-order chi connectivity index (χ0) is 33.9. The summed E-state index contributed by atoms with van der Waals surface area (Å²) in [4.78, 5) is 45.0. The molecule has 0 unspecified atom stereocenters. The Morgan fingerprint density at radius 2 is 1.58 bits per heavy atom. The van der Waals surface area contributed by atoms with Crippen LogP contribution in [0.2, 0.25) is 0 Å². The number of ketones is 1. The summed E-state index contributed by atoms with van der Waals surface area (Å²) in [6.07, 6.45) is 5.22. The number of carbonyl (C=O) groups excluding carboxylic acids is 3. The maximum absolute atomic E-state index is 13.5. The molecule has 0 saturated carbocycles. The summed E-state index contributed by atoms with van der Waals surface area (Å²) in [5.74, 6) is -0.775. The lowest BCUT2D eigenvalue weighted by molar-refractivity contribution is 0.0815. The summed E-state index contributed by atoms with van der Waals surface area (Å²) in [7, 11) is 1.00. The number of amides is 2. The monoisotopic (exact) mass is 615 g/mol. The number of benzene rings is 2. The molecule has 10 nitrogen and oxygen atoms in total. The van der Waals surface area contributed by atoms with Gasteiger partial charge in [-0.1, -0.05) is 59.7 Å². The van der Waals surface area contributed by atoms with Gasteiger partial charge in [0.05, 0.1) is 11.2 Å². The van der Waals surface area contributed by atoms with Gasteiger partial charge in [0.1, 0.15) is 17.1 Å². The number of imidazole rings is 1. The van der Waals surface area contributed by atoms with E-state index in [1.807, 2.05) is 60.6 Å². The van der Waals surface area contributed by atoms with Crippen molar-refractivity contribution in [2.75, 3.05) is 19.0 Å². The molecule has 1 aliphatic heterocycles. The Balaban J connectivity index is 0.000000819. The number of hydrogen-bond donors (Lipinski definition) is 4. The number of nitrogens with two attached hydrogens (primary N) is 1. The van der Waals surface area contributed by atoms with Crippen LogP contribution in [-0.2, 0) is 5.54 Å². The molecule has 45 heavy (non-hydrogen) atoms.